The van der Waals surface area contributed by atoms with Crippen LogP contribution >= 0.6 is 11.3 Å². The Morgan fingerprint density at radius 1 is 1.19 bits per heavy atom. The Kier molecular flexibility index (Phi) is 5.65. The van der Waals surface area contributed by atoms with E-state index in [9.17, 15) is 4.79 Å². The standard InChI is InChI=1S/C21H22N8O2S/c1-31-18(14-5-3-2-4-6-14)19(30)24-21-26-25-20(32-21)23-15-9-11-28(13-15)17-8-7-16-22-10-12-29(16)27-17/h2-8,10,12,15,18H,9,11,13H2,1H3,(H,23,25)(H,24,26,30)/t15-,18?/m1/s1. The maximum atomic E-state index is 12.6. The van der Waals surface area contributed by atoms with Gasteiger partial charge in [-0.2, -0.15) is 0 Å². The monoisotopic (exact) mass is 450 g/mol. The zero-order valence-corrected chi connectivity index (χ0v) is 18.2. The summed E-state index contributed by atoms with van der Waals surface area (Å²) in [6, 6.07) is 13.5. The minimum atomic E-state index is -0.708. The first kappa shape index (κ1) is 20.3. The fourth-order valence-corrected chi connectivity index (χ4v) is 4.48. The lowest BCUT2D eigenvalue weighted by molar-refractivity contribution is -0.126. The molecule has 0 radical (unpaired) electrons. The van der Waals surface area contributed by atoms with Gasteiger partial charge in [0.15, 0.2) is 11.8 Å². The lowest BCUT2D eigenvalue weighted by Crippen LogP contribution is -2.26. The average Bonchev–Trinajstić information content (AvgIpc) is 3.56. The first-order chi connectivity index (χ1) is 15.7. The van der Waals surface area contributed by atoms with E-state index in [4.69, 9.17) is 4.74 Å². The summed E-state index contributed by atoms with van der Waals surface area (Å²) in [5.74, 6) is 0.631. The Balaban J connectivity index is 1.19. The van der Waals surface area contributed by atoms with Gasteiger partial charge in [-0.15, -0.1) is 15.3 Å². The number of aromatic nitrogens is 5. The van der Waals surface area contributed by atoms with Crippen molar-refractivity contribution in [2.24, 2.45) is 0 Å². The van der Waals surface area contributed by atoms with Gasteiger partial charge in [-0.25, -0.2) is 9.50 Å². The zero-order chi connectivity index (χ0) is 21.9. The van der Waals surface area contributed by atoms with Crippen molar-refractivity contribution in [1.29, 1.82) is 0 Å². The third-order valence-electron chi connectivity index (χ3n) is 5.31. The van der Waals surface area contributed by atoms with Crippen molar-refractivity contribution in [3.63, 3.8) is 0 Å². The normalized spacial score (nSPS) is 16.9. The lowest BCUT2D eigenvalue weighted by Gasteiger charge is -2.17. The van der Waals surface area contributed by atoms with Crippen molar-refractivity contribution >= 4 is 39.0 Å². The van der Waals surface area contributed by atoms with E-state index >= 15 is 0 Å². The van der Waals surface area contributed by atoms with Crippen LogP contribution in [0, 0.1) is 0 Å². The number of hydrogen-bond acceptors (Lipinski definition) is 9. The number of benzene rings is 1. The van der Waals surface area contributed by atoms with E-state index in [1.807, 2.05) is 48.7 Å². The SMILES string of the molecule is COC(C(=O)Nc1nnc(N[C@@H]2CCN(c3ccc4nccn4n3)C2)s1)c1ccccc1. The second-order valence-electron chi connectivity index (χ2n) is 7.43. The van der Waals surface area contributed by atoms with Crippen LogP contribution in [0.15, 0.2) is 54.9 Å². The summed E-state index contributed by atoms with van der Waals surface area (Å²) in [6.07, 6.45) is 3.82. The van der Waals surface area contributed by atoms with Crippen LogP contribution in [0.3, 0.4) is 0 Å². The van der Waals surface area contributed by atoms with Crippen molar-refractivity contribution in [3.05, 3.63) is 60.4 Å². The smallest absolute Gasteiger partial charge is 0.259 e. The molecular formula is C21H22N8O2S. The predicted octanol–water partition coefficient (Wildman–Crippen LogP) is 2.60. The molecule has 32 heavy (non-hydrogen) atoms. The summed E-state index contributed by atoms with van der Waals surface area (Å²) in [5, 5.41) is 20.2. The molecule has 0 saturated carbocycles. The number of carbonyl (C=O) groups excluding carboxylic acids is 1. The van der Waals surface area contributed by atoms with Gasteiger partial charge in [0.25, 0.3) is 5.91 Å². The Morgan fingerprint density at radius 3 is 2.88 bits per heavy atom. The minimum absolute atomic E-state index is 0.211. The van der Waals surface area contributed by atoms with E-state index in [1.165, 1.54) is 18.4 Å². The molecule has 1 aliphatic heterocycles. The van der Waals surface area contributed by atoms with Gasteiger partial charge >= 0.3 is 0 Å². The maximum Gasteiger partial charge on any atom is 0.259 e. The number of carbonyl (C=O) groups is 1. The first-order valence-electron chi connectivity index (χ1n) is 10.2. The van der Waals surface area contributed by atoms with Crippen molar-refractivity contribution in [2.75, 3.05) is 35.7 Å². The zero-order valence-electron chi connectivity index (χ0n) is 17.4. The Labute approximate surface area is 188 Å². The molecule has 1 amide bonds. The molecule has 10 nitrogen and oxygen atoms in total. The number of nitrogens with zero attached hydrogens (tertiary/aromatic N) is 6. The van der Waals surface area contributed by atoms with Gasteiger partial charge in [0, 0.05) is 38.6 Å². The summed E-state index contributed by atoms with van der Waals surface area (Å²) in [6.45, 7) is 1.69. The highest BCUT2D eigenvalue weighted by atomic mass is 32.1. The second-order valence-corrected chi connectivity index (χ2v) is 8.40. The number of imidazole rings is 1. The molecule has 0 aliphatic carbocycles. The van der Waals surface area contributed by atoms with E-state index in [1.54, 1.807) is 10.7 Å². The van der Waals surface area contributed by atoms with Crippen molar-refractivity contribution in [1.82, 2.24) is 24.8 Å². The molecule has 4 aromatic rings. The molecule has 1 aromatic carbocycles. The number of hydrogen-bond donors (Lipinski definition) is 2. The molecule has 2 atom stereocenters. The molecule has 11 heteroatoms. The van der Waals surface area contributed by atoms with Gasteiger partial charge in [-0.05, 0) is 24.1 Å². The van der Waals surface area contributed by atoms with Crippen LogP contribution in [0.25, 0.3) is 5.65 Å². The summed E-state index contributed by atoms with van der Waals surface area (Å²) < 4.78 is 7.15. The van der Waals surface area contributed by atoms with Crippen LogP contribution in [0.1, 0.15) is 18.1 Å². The van der Waals surface area contributed by atoms with E-state index in [0.717, 1.165) is 36.5 Å². The summed E-state index contributed by atoms with van der Waals surface area (Å²) in [5.41, 5.74) is 1.61. The molecule has 1 fully saturated rings. The Morgan fingerprint density at radius 2 is 2.03 bits per heavy atom. The summed E-state index contributed by atoms with van der Waals surface area (Å²) >= 11 is 1.30. The number of ether oxygens (including phenoxy) is 1. The molecule has 1 saturated heterocycles. The second kappa shape index (κ2) is 8.89. The molecule has 164 valence electrons. The predicted molar refractivity (Wildman–Crippen MR) is 122 cm³/mol. The fraction of sp³-hybridized carbons (Fsp3) is 0.286. The van der Waals surface area contributed by atoms with E-state index in [0.29, 0.717) is 10.3 Å². The summed E-state index contributed by atoms with van der Waals surface area (Å²) in [4.78, 5) is 19.1. The van der Waals surface area contributed by atoms with E-state index in [-0.39, 0.29) is 11.9 Å². The van der Waals surface area contributed by atoms with Crippen LogP contribution < -0.4 is 15.5 Å². The van der Waals surface area contributed by atoms with Crippen LogP contribution in [-0.4, -0.2) is 56.9 Å². The minimum Gasteiger partial charge on any atom is -0.367 e. The molecule has 2 N–H and O–H groups in total. The Hall–Kier alpha value is -3.57. The van der Waals surface area contributed by atoms with Gasteiger partial charge in [0.1, 0.15) is 5.82 Å². The van der Waals surface area contributed by atoms with Gasteiger partial charge in [0.05, 0.1) is 0 Å². The number of fused-ring (bicyclic) bond motifs is 1. The molecule has 5 rings (SSSR count). The number of rotatable bonds is 7. The highest BCUT2D eigenvalue weighted by Gasteiger charge is 2.25. The lowest BCUT2D eigenvalue weighted by atomic mass is 10.1. The molecule has 3 aromatic heterocycles. The maximum absolute atomic E-state index is 12.6. The van der Waals surface area contributed by atoms with Gasteiger partial charge < -0.3 is 15.0 Å². The number of nitrogens with one attached hydrogen (secondary N) is 2. The van der Waals surface area contributed by atoms with Crippen molar-refractivity contribution in [2.45, 2.75) is 18.6 Å². The van der Waals surface area contributed by atoms with Crippen LogP contribution in [-0.2, 0) is 9.53 Å². The third kappa shape index (κ3) is 4.25. The number of anilines is 3. The molecule has 0 bridgehead atoms. The van der Waals surface area contributed by atoms with Crippen LogP contribution in [0.4, 0.5) is 16.1 Å². The molecule has 1 aliphatic rings. The number of amides is 1. The molecular weight excluding hydrogens is 428 g/mol. The largest absolute Gasteiger partial charge is 0.367 e. The average molecular weight is 451 g/mol. The molecule has 1 unspecified atom stereocenters. The highest BCUT2D eigenvalue weighted by molar-refractivity contribution is 7.19. The fourth-order valence-electron chi connectivity index (χ4n) is 3.76. The first-order valence-corrected chi connectivity index (χ1v) is 11.1. The van der Waals surface area contributed by atoms with Crippen molar-refractivity contribution in [3.8, 4) is 0 Å². The van der Waals surface area contributed by atoms with Gasteiger partial charge in [0.2, 0.25) is 10.3 Å². The summed E-state index contributed by atoms with van der Waals surface area (Å²) in [7, 11) is 1.51. The molecule has 4 heterocycles. The Bertz CT molecular complexity index is 1210. The van der Waals surface area contributed by atoms with Crippen molar-refractivity contribution < 1.29 is 9.53 Å². The van der Waals surface area contributed by atoms with Gasteiger partial charge in [-0.1, -0.05) is 41.7 Å². The van der Waals surface area contributed by atoms with E-state index in [2.05, 4.69) is 35.8 Å². The topological polar surface area (TPSA) is 110 Å². The highest BCUT2D eigenvalue weighted by Crippen LogP contribution is 2.26. The van der Waals surface area contributed by atoms with Crippen LogP contribution in [0.5, 0.6) is 0 Å². The number of methoxy groups -OCH3 is 1. The quantitative estimate of drug-likeness (QED) is 0.442. The van der Waals surface area contributed by atoms with Gasteiger partial charge in [-0.3, -0.25) is 10.1 Å². The van der Waals surface area contributed by atoms with E-state index < -0.39 is 6.10 Å². The van der Waals surface area contributed by atoms with Crippen LogP contribution in [0.2, 0.25) is 0 Å². The third-order valence-corrected chi connectivity index (χ3v) is 6.08. The molecule has 0 spiro atoms.